The van der Waals surface area contributed by atoms with Crippen LogP contribution in [0.15, 0.2) is 12.2 Å². The number of rotatable bonds is 10. The van der Waals surface area contributed by atoms with Gasteiger partial charge in [0.2, 0.25) is 0 Å². The van der Waals surface area contributed by atoms with Crippen LogP contribution in [0.4, 0.5) is 9.59 Å². The summed E-state index contributed by atoms with van der Waals surface area (Å²) in [5.74, 6) is -1.53. The number of carbonyl (C=O) groups excluding carboxylic acids is 4. The van der Waals surface area contributed by atoms with Crippen molar-refractivity contribution in [3.05, 3.63) is 12.2 Å². The minimum absolute atomic E-state index is 0.0858. The highest BCUT2D eigenvalue weighted by atomic mass is 16.6. The Hall–Kier alpha value is -2.78. The van der Waals surface area contributed by atoms with Gasteiger partial charge in [0.25, 0.3) is 0 Å². The number of esters is 2. The van der Waals surface area contributed by atoms with Crippen LogP contribution in [0.3, 0.4) is 0 Å². The van der Waals surface area contributed by atoms with E-state index in [1.54, 1.807) is 27.7 Å². The van der Waals surface area contributed by atoms with Gasteiger partial charge >= 0.3 is 24.1 Å². The van der Waals surface area contributed by atoms with Crippen molar-refractivity contribution < 1.29 is 38.1 Å². The number of hydrogen-bond acceptors (Lipinski definition) is 8. The molecule has 148 valence electrons. The van der Waals surface area contributed by atoms with Gasteiger partial charge in [-0.05, 0) is 27.7 Å². The van der Waals surface area contributed by atoms with Crippen molar-refractivity contribution in [1.82, 2.24) is 10.6 Å². The zero-order valence-corrected chi connectivity index (χ0v) is 15.4. The second-order valence-corrected chi connectivity index (χ2v) is 5.13. The van der Waals surface area contributed by atoms with E-state index < -0.39 is 36.2 Å². The van der Waals surface area contributed by atoms with E-state index in [1.807, 2.05) is 0 Å². The molecule has 0 spiro atoms. The quantitative estimate of drug-likeness (QED) is 0.328. The highest BCUT2D eigenvalue weighted by Gasteiger charge is 2.11. The summed E-state index contributed by atoms with van der Waals surface area (Å²) in [6, 6.07) is -0.902. The molecule has 10 heteroatoms. The van der Waals surface area contributed by atoms with Crippen molar-refractivity contribution in [3.63, 3.8) is 0 Å². The fourth-order valence-corrected chi connectivity index (χ4v) is 1.48. The Bertz CT molecular complexity index is 462. The Balaban J connectivity index is 4.02. The Kier molecular flexibility index (Phi) is 12.1. The summed E-state index contributed by atoms with van der Waals surface area (Å²) in [5.41, 5.74) is 0. The summed E-state index contributed by atoms with van der Waals surface area (Å²) in [4.78, 5) is 45.3. The first-order chi connectivity index (χ1) is 12.3. The molecule has 2 N–H and O–H groups in total. The summed E-state index contributed by atoms with van der Waals surface area (Å²) in [5, 5.41) is 4.92. The smallest absolute Gasteiger partial charge is 0.407 e. The van der Waals surface area contributed by atoms with Gasteiger partial charge in [-0.3, -0.25) is 0 Å². The van der Waals surface area contributed by atoms with Crippen LogP contribution in [0, 0.1) is 0 Å². The van der Waals surface area contributed by atoms with Gasteiger partial charge in [0.15, 0.2) is 0 Å². The van der Waals surface area contributed by atoms with Crippen LogP contribution in [0.5, 0.6) is 0 Å². The predicted molar refractivity (Wildman–Crippen MR) is 90.3 cm³/mol. The number of alkyl carbamates (subject to hydrolysis) is 2. The third-order valence-corrected chi connectivity index (χ3v) is 2.59. The zero-order chi connectivity index (χ0) is 19.9. The molecule has 0 rings (SSSR count). The molecule has 0 unspecified atom stereocenters. The number of nitrogens with one attached hydrogen (secondary N) is 2. The van der Waals surface area contributed by atoms with E-state index in [2.05, 4.69) is 20.1 Å². The first-order valence-electron chi connectivity index (χ1n) is 8.16. The number of hydrogen-bond donors (Lipinski definition) is 2. The average Bonchev–Trinajstić information content (AvgIpc) is 2.56. The Labute approximate surface area is 152 Å². The molecule has 0 fully saturated rings. The molecule has 0 aliphatic heterocycles. The van der Waals surface area contributed by atoms with Crippen LogP contribution < -0.4 is 10.6 Å². The first-order valence-corrected chi connectivity index (χ1v) is 8.16. The van der Waals surface area contributed by atoms with E-state index in [4.69, 9.17) is 9.47 Å². The van der Waals surface area contributed by atoms with Crippen LogP contribution in [0.25, 0.3) is 0 Å². The maximum Gasteiger partial charge on any atom is 0.407 e. The normalized spacial score (nSPS) is 12.6. The van der Waals surface area contributed by atoms with Gasteiger partial charge in [-0.1, -0.05) is 0 Å². The average molecular weight is 374 g/mol. The van der Waals surface area contributed by atoms with Crippen LogP contribution in [-0.4, -0.2) is 62.6 Å². The molecular formula is C16H26N2O8. The van der Waals surface area contributed by atoms with E-state index in [-0.39, 0.29) is 26.4 Å². The van der Waals surface area contributed by atoms with Gasteiger partial charge in [-0.2, -0.15) is 0 Å². The van der Waals surface area contributed by atoms with Gasteiger partial charge in [-0.25, -0.2) is 19.2 Å². The fraction of sp³-hybridized carbons (Fsp3) is 0.625. The van der Waals surface area contributed by atoms with Gasteiger partial charge in [0.05, 0.1) is 25.3 Å². The highest BCUT2D eigenvalue weighted by molar-refractivity contribution is 5.91. The van der Waals surface area contributed by atoms with E-state index >= 15 is 0 Å². The monoisotopic (exact) mass is 374 g/mol. The zero-order valence-electron chi connectivity index (χ0n) is 15.4. The minimum atomic E-state index is -0.767. The largest absolute Gasteiger partial charge is 0.460 e. The van der Waals surface area contributed by atoms with E-state index in [0.29, 0.717) is 0 Å². The maximum absolute atomic E-state index is 11.5. The van der Waals surface area contributed by atoms with Crippen molar-refractivity contribution in [1.29, 1.82) is 0 Å². The molecule has 0 saturated carbocycles. The molecule has 0 aliphatic carbocycles. The Morgan fingerprint density at radius 2 is 1.08 bits per heavy atom. The van der Waals surface area contributed by atoms with Gasteiger partial charge in [0, 0.05) is 12.2 Å². The lowest BCUT2D eigenvalue weighted by atomic mass is 10.4. The van der Waals surface area contributed by atoms with Crippen LogP contribution in [0.1, 0.15) is 27.7 Å². The fourth-order valence-electron chi connectivity index (χ4n) is 1.48. The molecule has 0 bridgehead atoms. The van der Waals surface area contributed by atoms with E-state index in [0.717, 1.165) is 12.2 Å². The van der Waals surface area contributed by atoms with Crippen molar-refractivity contribution in [2.24, 2.45) is 0 Å². The Morgan fingerprint density at radius 3 is 1.38 bits per heavy atom. The summed E-state index contributed by atoms with van der Waals surface area (Å²) < 4.78 is 19.1. The molecule has 0 heterocycles. The molecule has 0 aromatic rings. The predicted octanol–water partition coefficient (Wildman–Crippen LogP) is 0.898. The first kappa shape index (κ1) is 23.2. The molecular weight excluding hydrogens is 348 g/mol. The third-order valence-electron chi connectivity index (χ3n) is 2.59. The summed E-state index contributed by atoms with van der Waals surface area (Å²) >= 11 is 0. The van der Waals surface area contributed by atoms with Crippen molar-refractivity contribution in [2.45, 2.75) is 39.8 Å². The molecule has 0 saturated heterocycles. The summed E-state index contributed by atoms with van der Waals surface area (Å²) in [6.07, 6.45) is 0.590. The van der Waals surface area contributed by atoms with Crippen LogP contribution in [0.2, 0.25) is 0 Å². The lowest BCUT2D eigenvalue weighted by molar-refractivity contribution is -0.141. The number of ether oxygens (including phenoxy) is 4. The van der Waals surface area contributed by atoms with Gasteiger partial charge in [-0.15, -0.1) is 0 Å². The van der Waals surface area contributed by atoms with Crippen LogP contribution >= 0.6 is 0 Å². The molecule has 10 nitrogen and oxygen atoms in total. The highest BCUT2D eigenvalue weighted by Crippen LogP contribution is 1.92. The van der Waals surface area contributed by atoms with Crippen molar-refractivity contribution >= 4 is 24.1 Å². The lowest BCUT2D eigenvalue weighted by Gasteiger charge is -2.13. The summed E-state index contributed by atoms with van der Waals surface area (Å²) in [7, 11) is 0. The molecule has 2 amide bonds. The molecule has 2 atom stereocenters. The number of amides is 2. The third kappa shape index (κ3) is 12.6. The van der Waals surface area contributed by atoms with E-state index in [9.17, 15) is 19.2 Å². The van der Waals surface area contributed by atoms with Gasteiger partial charge in [0.1, 0.15) is 13.2 Å². The molecule has 0 aromatic heterocycles. The molecule has 0 radical (unpaired) electrons. The SMILES string of the molecule is CCOC(=O)N[C@@H](C)COC(=O)/C=C/C(=O)OC[C@H](C)NC(=O)OCC. The second-order valence-electron chi connectivity index (χ2n) is 5.13. The van der Waals surface area contributed by atoms with Crippen molar-refractivity contribution in [2.75, 3.05) is 26.4 Å². The Morgan fingerprint density at radius 1 is 0.731 bits per heavy atom. The van der Waals surface area contributed by atoms with Crippen molar-refractivity contribution in [3.8, 4) is 0 Å². The molecule has 0 aliphatic rings. The topological polar surface area (TPSA) is 129 Å². The lowest BCUT2D eigenvalue weighted by Crippen LogP contribution is -2.37. The molecule has 26 heavy (non-hydrogen) atoms. The van der Waals surface area contributed by atoms with Crippen LogP contribution in [-0.2, 0) is 28.5 Å². The number of carbonyl (C=O) groups is 4. The summed E-state index contributed by atoms with van der Waals surface area (Å²) in [6.45, 7) is 6.88. The standard InChI is InChI=1S/C16H26N2O8/c1-5-23-15(21)17-11(3)9-25-13(19)7-8-14(20)26-10-12(4)18-16(22)24-6-2/h7-8,11-12H,5-6,9-10H2,1-4H3,(H,17,21)(H,18,22)/b8-7+/t11-,12-/m0/s1. The van der Waals surface area contributed by atoms with Gasteiger partial charge < -0.3 is 29.6 Å². The minimum Gasteiger partial charge on any atom is -0.460 e. The second kappa shape index (κ2) is 13.5. The van der Waals surface area contributed by atoms with E-state index in [1.165, 1.54) is 0 Å². The molecule has 0 aromatic carbocycles. The maximum atomic E-state index is 11.5.